The molecule has 0 spiro atoms. The van der Waals surface area contributed by atoms with Crippen molar-refractivity contribution in [2.24, 2.45) is 0 Å². The van der Waals surface area contributed by atoms with Gasteiger partial charge in [0.15, 0.2) is 0 Å². The van der Waals surface area contributed by atoms with Crippen molar-refractivity contribution in [2.45, 2.75) is 56.9 Å². The van der Waals surface area contributed by atoms with Crippen LogP contribution in [0.3, 0.4) is 0 Å². The molecule has 3 rings (SSSR count). The SMILES string of the molecule is CCc1ccc(Cc2ccc(N)cc2O[C@H]2O[C@](C)(CO)[C@@H](O)[C@H](O)[C@H]2O)cc1. The molecule has 29 heavy (non-hydrogen) atoms. The van der Waals surface area contributed by atoms with E-state index in [-0.39, 0.29) is 0 Å². The van der Waals surface area contributed by atoms with Crippen molar-refractivity contribution in [3.63, 3.8) is 0 Å². The lowest BCUT2D eigenvalue weighted by Gasteiger charge is -2.45. The number of aliphatic hydroxyl groups excluding tert-OH is 4. The first-order valence-corrected chi connectivity index (χ1v) is 9.73. The molecule has 0 bridgehead atoms. The maximum Gasteiger partial charge on any atom is 0.229 e. The van der Waals surface area contributed by atoms with Gasteiger partial charge in [-0.05, 0) is 36.1 Å². The molecule has 5 atom stereocenters. The minimum absolute atomic E-state index is 0.400. The van der Waals surface area contributed by atoms with Crippen LogP contribution in [0.5, 0.6) is 5.75 Å². The Morgan fingerprint density at radius 1 is 1.03 bits per heavy atom. The zero-order valence-electron chi connectivity index (χ0n) is 16.7. The number of aryl methyl sites for hydroxylation is 1. The monoisotopic (exact) mass is 403 g/mol. The van der Waals surface area contributed by atoms with E-state index in [2.05, 4.69) is 19.1 Å². The standard InChI is InChI=1S/C22H29NO6/c1-3-13-4-6-14(7-5-13)10-15-8-9-16(23)11-17(15)28-21-19(26)18(25)20(27)22(2,12-24)29-21/h4-9,11,18-21,24-27H,3,10,12,23H2,1-2H3/t18-,19-,20+,21+,22-/m1/s1. The Kier molecular flexibility index (Phi) is 6.45. The average Bonchev–Trinajstić information content (AvgIpc) is 2.73. The largest absolute Gasteiger partial charge is 0.462 e. The van der Waals surface area contributed by atoms with Crippen molar-refractivity contribution < 1.29 is 29.9 Å². The summed E-state index contributed by atoms with van der Waals surface area (Å²) in [5, 5.41) is 40.2. The summed E-state index contributed by atoms with van der Waals surface area (Å²) in [5.74, 6) is 0.400. The van der Waals surface area contributed by atoms with Gasteiger partial charge >= 0.3 is 0 Å². The zero-order valence-corrected chi connectivity index (χ0v) is 16.7. The van der Waals surface area contributed by atoms with Gasteiger partial charge in [0.25, 0.3) is 0 Å². The highest BCUT2D eigenvalue weighted by Gasteiger charge is 2.51. The zero-order chi connectivity index (χ0) is 21.2. The molecule has 1 saturated heterocycles. The molecular formula is C22H29NO6. The fourth-order valence-electron chi connectivity index (χ4n) is 3.40. The quantitative estimate of drug-likeness (QED) is 0.456. The summed E-state index contributed by atoms with van der Waals surface area (Å²) in [4.78, 5) is 0. The van der Waals surface area contributed by atoms with Gasteiger partial charge in [-0.25, -0.2) is 0 Å². The Morgan fingerprint density at radius 3 is 2.31 bits per heavy atom. The smallest absolute Gasteiger partial charge is 0.229 e. The number of rotatable bonds is 6. The maximum absolute atomic E-state index is 10.3. The van der Waals surface area contributed by atoms with Crippen molar-refractivity contribution in [1.29, 1.82) is 0 Å². The van der Waals surface area contributed by atoms with Crippen LogP contribution in [0.15, 0.2) is 42.5 Å². The highest BCUT2D eigenvalue weighted by molar-refractivity contribution is 5.50. The Morgan fingerprint density at radius 2 is 1.69 bits per heavy atom. The summed E-state index contributed by atoms with van der Waals surface area (Å²) in [6.45, 7) is 2.99. The number of hydrogen-bond donors (Lipinski definition) is 5. The third kappa shape index (κ3) is 4.55. The molecule has 1 fully saturated rings. The predicted molar refractivity (Wildman–Crippen MR) is 108 cm³/mol. The minimum Gasteiger partial charge on any atom is -0.462 e. The fourth-order valence-corrected chi connectivity index (χ4v) is 3.40. The van der Waals surface area contributed by atoms with Crippen molar-refractivity contribution in [2.75, 3.05) is 12.3 Å². The van der Waals surface area contributed by atoms with E-state index in [1.807, 2.05) is 18.2 Å². The first-order valence-electron chi connectivity index (χ1n) is 9.73. The second kappa shape index (κ2) is 8.69. The first kappa shape index (κ1) is 21.5. The van der Waals surface area contributed by atoms with Crippen LogP contribution in [-0.2, 0) is 17.6 Å². The molecule has 0 aliphatic carbocycles. The lowest BCUT2D eigenvalue weighted by atomic mass is 9.89. The van der Waals surface area contributed by atoms with E-state index < -0.39 is 36.8 Å². The molecule has 158 valence electrons. The third-order valence-corrected chi connectivity index (χ3v) is 5.44. The molecule has 2 aromatic rings. The van der Waals surface area contributed by atoms with Gasteiger partial charge in [-0.1, -0.05) is 37.3 Å². The number of nitrogen functional groups attached to an aromatic ring is 1. The molecule has 1 aliphatic heterocycles. The number of ether oxygens (including phenoxy) is 2. The molecule has 2 aromatic carbocycles. The molecule has 0 amide bonds. The Hall–Kier alpha value is -2.16. The molecular weight excluding hydrogens is 374 g/mol. The van der Waals surface area contributed by atoms with Crippen molar-refractivity contribution >= 4 is 5.69 Å². The number of anilines is 1. The maximum atomic E-state index is 10.3. The Labute approximate surface area is 170 Å². The molecule has 0 radical (unpaired) electrons. The van der Waals surface area contributed by atoms with Crippen molar-refractivity contribution in [1.82, 2.24) is 0 Å². The van der Waals surface area contributed by atoms with Crippen LogP contribution in [0, 0.1) is 0 Å². The van der Waals surface area contributed by atoms with Crippen LogP contribution in [-0.4, -0.2) is 57.2 Å². The van der Waals surface area contributed by atoms with Crippen LogP contribution >= 0.6 is 0 Å². The van der Waals surface area contributed by atoms with Crippen LogP contribution in [0.2, 0.25) is 0 Å². The number of benzene rings is 2. The van der Waals surface area contributed by atoms with Crippen molar-refractivity contribution in [3.8, 4) is 5.75 Å². The molecule has 1 aliphatic rings. The average molecular weight is 403 g/mol. The second-order valence-corrected chi connectivity index (χ2v) is 7.71. The van der Waals surface area contributed by atoms with Crippen LogP contribution in [0.1, 0.15) is 30.5 Å². The van der Waals surface area contributed by atoms with Crippen LogP contribution in [0.25, 0.3) is 0 Å². The summed E-state index contributed by atoms with van der Waals surface area (Å²) in [6, 6.07) is 13.5. The van der Waals surface area contributed by atoms with Gasteiger partial charge < -0.3 is 35.6 Å². The van der Waals surface area contributed by atoms with E-state index in [9.17, 15) is 20.4 Å². The minimum atomic E-state index is -1.53. The molecule has 1 heterocycles. The van der Waals surface area contributed by atoms with Gasteiger partial charge in [0, 0.05) is 18.2 Å². The van der Waals surface area contributed by atoms with Gasteiger partial charge in [-0.2, -0.15) is 0 Å². The van der Waals surface area contributed by atoms with Gasteiger partial charge in [0.2, 0.25) is 6.29 Å². The highest BCUT2D eigenvalue weighted by Crippen LogP contribution is 2.33. The molecule has 0 unspecified atom stereocenters. The second-order valence-electron chi connectivity index (χ2n) is 7.71. The van der Waals surface area contributed by atoms with E-state index >= 15 is 0 Å². The Bertz CT molecular complexity index is 827. The van der Waals surface area contributed by atoms with E-state index in [0.29, 0.717) is 17.9 Å². The molecule has 7 nitrogen and oxygen atoms in total. The normalized spacial score (nSPS) is 29.6. The van der Waals surface area contributed by atoms with Crippen LogP contribution in [0.4, 0.5) is 5.69 Å². The van der Waals surface area contributed by atoms with Gasteiger partial charge in [-0.3, -0.25) is 0 Å². The summed E-state index contributed by atoms with van der Waals surface area (Å²) in [6.07, 6.45) is -4.23. The van der Waals surface area contributed by atoms with Gasteiger partial charge in [-0.15, -0.1) is 0 Å². The molecule has 7 heteroatoms. The fraction of sp³-hybridized carbons (Fsp3) is 0.455. The number of aliphatic hydroxyl groups is 4. The molecule has 0 aromatic heterocycles. The third-order valence-electron chi connectivity index (χ3n) is 5.44. The lowest BCUT2D eigenvalue weighted by molar-refractivity contribution is -0.313. The molecule has 0 saturated carbocycles. The predicted octanol–water partition coefficient (Wildman–Crippen LogP) is 0.991. The van der Waals surface area contributed by atoms with E-state index in [1.165, 1.54) is 12.5 Å². The summed E-state index contributed by atoms with van der Waals surface area (Å²) < 4.78 is 11.5. The van der Waals surface area contributed by atoms with Gasteiger partial charge in [0.1, 0.15) is 29.7 Å². The lowest BCUT2D eigenvalue weighted by Crippen LogP contribution is -2.65. The number of nitrogens with two attached hydrogens (primary N) is 1. The van der Waals surface area contributed by atoms with Crippen molar-refractivity contribution in [3.05, 3.63) is 59.2 Å². The van der Waals surface area contributed by atoms with E-state index in [0.717, 1.165) is 17.5 Å². The number of hydrogen-bond acceptors (Lipinski definition) is 7. The summed E-state index contributed by atoms with van der Waals surface area (Å²) in [7, 11) is 0. The highest BCUT2D eigenvalue weighted by atomic mass is 16.7. The van der Waals surface area contributed by atoms with Gasteiger partial charge in [0.05, 0.1) is 6.61 Å². The van der Waals surface area contributed by atoms with E-state index in [4.69, 9.17) is 15.2 Å². The Balaban J connectivity index is 1.85. The van der Waals surface area contributed by atoms with E-state index in [1.54, 1.807) is 12.1 Å². The summed E-state index contributed by atoms with van der Waals surface area (Å²) in [5.41, 5.74) is 8.07. The summed E-state index contributed by atoms with van der Waals surface area (Å²) >= 11 is 0. The van der Waals surface area contributed by atoms with Crippen LogP contribution < -0.4 is 10.5 Å². The first-order chi connectivity index (χ1) is 13.8. The topological polar surface area (TPSA) is 125 Å². The molecule has 6 N–H and O–H groups in total.